The van der Waals surface area contributed by atoms with E-state index in [1.165, 1.54) is 34.8 Å². The van der Waals surface area contributed by atoms with Crippen LogP contribution in [0.1, 0.15) is 25.3 Å². The number of aromatic nitrogens is 1. The van der Waals surface area contributed by atoms with Crippen molar-refractivity contribution in [3.05, 3.63) is 30.0 Å². The number of para-hydroxylation sites is 1. The van der Waals surface area contributed by atoms with Gasteiger partial charge in [0.05, 0.1) is 0 Å². The Morgan fingerprint density at radius 3 is 2.88 bits per heavy atom. The van der Waals surface area contributed by atoms with Gasteiger partial charge < -0.3 is 4.57 Å². The van der Waals surface area contributed by atoms with Gasteiger partial charge in [0.2, 0.25) is 0 Å². The first-order chi connectivity index (χ1) is 7.68. The number of aryl methyl sites for hydroxylation is 1. The van der Waals surface area contributed by atoms with E-state index in [1.54, 1.807) is 0 Å². The molecule has 0 fully saturated rings. The van der Waals surface area contributed by atoms with E-state index in [4.69, 9.17) is 0 Å². The Bertz CT molecular complexity index is 539. The van der Waals surface area contributed by atoms with Gasteiger partial charge in [0, 0.05) is 23.6 Å². The summed E-state index contributed by atoms with van der Waals surface area (Å²) in [6.07, 6.45) is 3.64. The van der Waals surface area contributed by atoms with Crippen molar-refractivity contribution in [2.24, 2.45) is 0 Å². The van der Waals surface area contributed by atoms with Gasteiger partial charge in [-0.25, -0.2) is 0 Å². The molecule has 1 aromatic heterocycles. The van der Waals surface area contributed by atoms with Crippen molar-refractivity contribution >= 4 is 23.1 Å². The van der Waals surface area contributed by atoms with Crippen LogP contribution >= 0.6 is 0 Å². The molecule has 2 heteroatoms. The fourth-order valence-electron chi connectivity index (χ4n) is 2.94. The van der Waals surface area contributed by atoms with Crippen LogP contribution in [0, 0.1) is 0 Å². The van der Waals surface area contributed by atoms with Crippen LogP contribution in [-0.2, 0) is 6.54 Å². The summed E-state index contributed by atoms with van der Waals surface area (Å²) >= 11 is 0. The van der Waals surface area contributed by atoms with Crippen LogP contribution in [0.5, 0.6) is 0 Å². The van der Waals surface area contributed by atoms with Gasteiger partial charge in [-0.1, -0.05) is 50.7 Å². The van der Waals surface area contributed by atoms with E-state index in [2.05, 4.69) is 49.6 Å². The average Bonchev–Trinajstić information content (AvgIpc) is 2.64. The quantitative estimate of drug-likeness (QED) is 0.638. The maximum absolute atomic E-state index is 2.46. The Morgan fingerprint density at radius 2 is 2.12 bits per heavy atom. The van der Waals surface area contributed by atoms with Crippen LogP contribution < -0.4 is 5.46 Å². The molecule has 1 aliphatic heterocycles. The lowest BCUT2D eigenvalue weighted by molar-refractivity contribution is 0.769. The van der Waals surface area contributed by atoms with Gasteiger partial charge in [0.15, 0.2) is 6.71 Å². The Balaban J connectivity index is 2.37. The maximum atomic E-state index is 2.46. The molecule has 3 rings (SSSR count). The van der Waals surface area contributed by atoms with Crippen molar-refractivity contribution in [1.29, 1.82) is 0 Å². The third-order valence-electron chi connectivity index (χ3n) is 3.92. The number of hydrogen-bond acceptors (Lipinski definition) is 0. The Hall–Kier alpha value is -1.18. The van der Waals surface area contributed by atoms with Gasteiger partial charge in [0.1, 0.15) is 0 Å². The summed E-state index contributed by atoms with van der Waals surface area (Å²) in [5, 5.41) is 1.47. The summed E-state index contributed by atoms with van der Waals surface area (Å²) < 4.78 is 2.46. The summed E-state index contributed by atoms with van der Waals surface area (Å²) in [6, 6.07) is 6.80. The molecule has 0 atom stereocenters. The summed E-state index contributed by atoms with van der Waals surface area (Å²) in [4.78, 5) is 0. The van der Waals surface area contributed by atoms with Crippen LogP contribution in [0.2, 0.25) is 13.1 Å². The number of nitrogens with zero attached hydrogens (tertiary/aromatic N) is 1. The lowest BCUT2D eigenvalue weighted by atomic mass is 9.43. The molecule has 0 amide bonds. The average molecular weight is 211 g/mol. The molecule has 0 unspecified atom stereocenters. The van der Waals surface area contributed by atoms with Crippen molar-refractivity contribution in [3.63, 3.8) is 0 Å². The minimum atomic E-state index is 0.618. The van der Waals surface area contributed by atoms with Gasteiger partial charge in [-0.2, -0.15) is 0 Å². The summed E-state index contributed by atoms with van der Waals surface area (Å²) in [5.74, 6) is 0.618. The topological polar surface area (TPSA) is 4.93 Å². The SMILES string of the molecule is CB1CCn2cc(C(C)C)c3cccc1c32. The molecular weight excluding hydrogens is 193 g/mol. The van der Waals surface area contributed by atoms with Gasteiger partial charge in [-0.15, -0.1) is 0 Å². The maximum Gasteiger partial charge on any atom is 0.177 e. The smallest absolute Gasteiger partial charge is 0.177 e. The molecule has 1 aromatic carbocycles. The van der Waals surface area contributed by atoms with E-state index in [1.807, 2.05) is 0 Å². The van der Waals surface area contributed by atoms with Gasteiger partial charge >= 0.3 is 0 Å². The second-order valence-corrected chi connectivity index (χ2v) is 5.37. The molecule has 16 heavy (non-hydrogen) atoms. The minimum Gasteiger partial charge on any atom is -0.348 e. The predicted octanol–water partition coefficient (Wildman–Crippen LogP) is 3.11. The highest BCUT2D eigenvalue weighted by molar-refractivity contribution is 6.74. The lowest BCUT2D eigenvalue weighted by Gasteiger charge is -2.19. The van der Waals surface area contributed by atoms with Crippen LogP contribution in [0.25, 0.3) is 10.9 Å². The standard InChI is InChI=1S/C14H18BN/c1-10(2)12-9-16-8-7-15(3)13-6-4-5-11(12)14(13)16/h4-6,9-10H,7-8H2,1-3H3. The van der Waals surface area contributed by atoms with E-state index in [0.29, 0.717) is 12.6 Å². The lowest BCUT2D eigenvalue weighted by Crippen LogP contribution is -2.33. The number of benzene rings is 1. The normalized spacial score (nSPS) is 15.1. The first-order valence-corrected chi connectivity index (χ1v) is 6.30. The zero-order valence-electron chi connectivity index (χ0n) is 10.3. The minimum absolute atomic E-state index is 0.618. The van der Waals surface area contributed by atoms with Gasteiger partial charge in [-0.05, 0) is 11.5 Å². The number of hydrogen-bond donors (Lipinski definition) is 0. The molecular formula is C14H18BN. The fourth-order valence-corrected chi connectivity index (χ4v) is 2.94. The molecule has 0 bridgehead atoms. The number of rotatable bonds is 1. The van der Waals surface area contributed by atoms with Crippen molar-refractivity contribution < 1.29 is 0 Å². The Morgan fingerprint density at radius 1 is 1.31 bits per heavy atom. The highest BCUT2D eigenvalue weighted by Crippen LogP contribution is 2.29. The predicted molar refractivity (Wildman–Crippen MR) is 72.1 cm³/mol. The Kier molecular flexibility index (Phi) is 2.13. The Labute approximate surface area is 97.5 Å². The van der Waals surface area contributed by atoms with Gasteiger partial charge in [-0.3, -0.25) is 0 Å². The van der Waals surface area contributed by atoms with Crippen LogP contribution in [0.4, 0.5) is 0 Å². The largest absolute Gasteiger partial charge is 0.348 e. The molecule has 1 nitrogen and oxygen atoms in total. The highest BCUT2D eigenvalue weighted by Gasteiger charge is 2.22. The van der Waals surface area contributed by atoms with Crippen molar-refractivity contribution in [1.82, 2.24) is 4.57 Å². The zero-order chi connectivity index (χ0) is 11.3. The molecule has 0 saturated heterocycles. The molecule has 2 heterocycles. The first kappa shape index (κ1) is 10.0. The molecule has 0 spiro atoms. The fraction of sp³-hybridized carbons (Fsp3) is 0.429. The second-order valence-electron chi connectivity index (χ2n) is 5.37. The van der Waals surface area contributed by atoms with E-state index in [9.17, 15) is 0 Å². The molecule has 0 N–H and O–H groups in total. The third kappa shape index (κ3) is 1.25. The van der Waals surface area contributed by atoms with Crippen LogP contribution in [0.15, 0.2) is 24.4 Å². The summed E-state index contributed by atoms with van der Waals surface area (Å²) in [7, 11) is 0. The van der Waals surface area contributed by atoms with Crippen molar-refractivity contribution in [3.8, 4) is 0 Å². The summed E-state index contributed by atoms with van der Waals surface area (Å²) in [5.41, 5.74) is 4.53. The van der Waals surface area contributed by atoms with Crippen LogP contribution in [-0.4, -0.2) is 11.3 Å². The zero-order valence-corrected chi connectivity index (χ0v) is 10.3. The van der Waals surface area contributed by atoms with E-state index < -0.39 is 0 Å². The molecule has 1 aliphatic rings. The van der Waals surface area contributed by atoms with E-state index >= 15 is 0 Å². The second kappa shape index (κ2) is 3.41. The van der Waals surface area contributed by atoms with Crippen LogP contribution in [0.3, 0.4) is 0 Å². The van der Waals surface area contributed by atoms with Crippen molar-refractivity contribution in [2.75, 3.05) is 0 Å². The monoisotopic (exact) mass is 211 g/mol. The highest BCUT2D eigenvalue weighted by atomic mass is 15.0. The molecule has 2 aromatic rings. The van der Waals surface area contributed by atoms with E-state index in [-0.39, 0.29) is 0 Å². The molecule has 0 radical (unpaired) electrons. The molecule has 82 valence electrons. The third-order valence-corrected chi connectivity index (χ3v) is 3.92. The molecule has 0 aliphatic carbocycles. The summed E-state index contributed by atoms with van der Waals surface area (Å²) in [6.45, 7) is 8.81. The first-order valence-electron chi connectivity index (χ1n) is 6.30. The van der Waals surface area contributed by atoms with E-state index in [0.717, 1.165) is 0 Å². The molecule has 0 saturated carbocycles. The van der Waals surface area contributed by atoms with Gasteiger partial charge in [0.25, 0.3) is 0 Å². The van der Waals surface area contributed by atoms with Crippen molar-refractivity contribution in [2.45, 2.75) is 39.5 Å².